The lowest BCUT2D eigenvalue weighted by molar-refractivity contribution is -0.145. The first kappa shape index (κ1) is 15.0. The van der Waals surface area contributed by atoms with Crippen LogP contribution in [-0.4, -0.2) is 37.1 Å². The average Bonchev–Trinajstić information content (AvgIpc) is 2.36. The Morgan fingerprint density at radius 1 is 1.33 bits per heavy atom. The summed E-state index contributed by atoms with van der Waals surface area (Å²) in [7, 11) is 1.81. The first-order valence-electron chi connectivity index (χ1n) is 6.71. The van der Waals surface area contributed by atoms with Gasteiger partial charge in [-0.3, -0.25) is 9.59 Å². The maximum absolute atomic E-state index is 11.8. The summed E-state index contributed by atoms with van der Waals surface area (Å²) in [4.78, 5) is 22.9. The molecule has 0 aromatic heterocycles. The Bertz CT molecular complexity index is 294. The number of carbonyl (C=O) groups excluding carboxylic acids is 1. The summed E-state index contributed by atoms with van der Waals surface area (Å²) >= 11 is 0. The van der Waals surface area contributed by atoms with E-state index in [1.807, 2.05) is 14.0 Å². The van der Waals surface area contributed by atoms with Gasteiger partial charge >= 0.3 is 5.97 Å². The van der Waals surface area contributed by atoms with Crippen molar-refractivity contribution in [1.29, 1.82) is 0 Å². The molecule has 1 rings (SSSR count). The van der Waals surface area contributed by atoms with Crippen LogP contribution in [0, 0.1) is 17.8 Å². The Hall–Kier alpha value is -1.10. The molecule has 1 amide bonds. The summed E-state index contributed by atoms with van der Waals surface area (Å²) in [6.07, 6.45) is 3.69. The third kappa shape index (κ3) is 4.29. The van der Waals surface area contributed by atoms with Crippen LogP contribution in [-0.2, 0) is 9.59 Å². The second kappa shape index (κ2) is 7.36. The lowest BCUT2D eigenvalue weighted by Gasteiger charge is -2.29. The fourth-order valence-corrected chi connectivity index (χ4v) is 2.58. The smallest absolute Gasteiger partial charge is 0.306 e. The minimum Gasteiger partial charge on any atom is -0.481 e. The first-order valence-corrected chi connectivity index (χ1v) is 6.71. The highest BCUT2D eigenvalue weighted by Crippen LogP contribution is 2.29. The van der Waals surface area contributed by atoms with Gasteiger partial charge in [0.1, 0.15) is 0 Å². The third-order valence-corrected chi connectivity index (χ3v) is 3.72. The molecule has 1 saturated carbocycles. The molecular formula is C13H24N2O3. The molecule has 1 fully saturated rings. The molecule has 104 valence electrons. The molecule has 5 nitrogen and oxygen atoms in total. The van der Waals surface area contributed by atoms with Crippen LogP contribution in [0.3, 0.4) is 0 Å². The molecule has 0 aromatic carbocycles. The number of carboxylic acid groups (broad SMARTS) is 1. The lowest BCUT2D eigenvalue weighted by atomic mass is 9.79. The largest absolute Gasteiger partial charge is 0.481 e. The van der Waals surface area contributed by atoms with Crippen LogP contribution in [0.1, 0.15) is 32.6 Å². The van der Waals surface area contributed by atoms with Crippen molar-refractivity contribution in [2.45, 2.75) is 32.6 Å². The summed E-state index contributed by atoms with van der Waals surface area (Å²) in [5.41, 5.74) is 0. The van der Waals surface area contributed by atoms with Gasteiger partial charge in [-0.25, -0.2) is 0 Å². The number of hydrogen-bond acceptors (Lipinski definition) is 3. The second-order valence-corrected chi connectivity index (χ2v) is 5.19. The molecule has 3 unspecified atom stereocenters. The molecule has 0 bridgehead atoms. The molecule has 0 aliphatic heterocycles. The van der Waals surface area contributed by atoms with Crippen molar-refractivity contribution in [3.05, 3.63) is 0 Å². The topological polar surface area (TPSA) is 78.4 Å². The Morgan fingerprint density at radius 2 is 2.00 bits per heavy atom. The third-order valence-electron chi connectivity index (χ3n) is 3.72. The first-order chi connectivity index (χ1) is 8.56. The van der Waals surface area contributed by atoms with Crippen molar-refractivity contribution in [1.82, 2.24) is 10.6 Å². The number of carbonyl (C=O) groups is 2. The summed E-state index contributed by atoms with van der Waals surface area (Å²) in [6, 6.07) is 0. The van der Waals surface area contributed by atoms with Gasteiger partial charge in [-0.15, -0.1) is 0 Å². The molecule has 5 heteroatoms. The molecule has 0 heterocycles. The SMILES string of the molecule is CNCC(C)C(=O)NCC1CCCCC1C(=O)O. The van der Waals surface area contributed by atoms with Gasteiger partial charge in [0, 0.05) is 19.0 Å². The number of nitrogens with one attached hydrogen (secondary N) is 2. The zero-order chi connectivity index (χ0) is 13.5. The van der Waals surface area contributed by atoms with Crippen LogP contribution in [0.5, 0.6) is 0 Å². The molecule has 0 radical (unpaired) electrons. The Balaban J connectivity index is 2.40. The standard InChI is InChI=1S/C13H24N2O3/c1-9(7-14-2)12(16)15-8-10-5-3-4-6-11(10)13(17)18/h9-11,14H,3-8H2,1-2H3,(H,15,16)(H,17,18). The predicted molar refractivity (Wildman–Crippen MR) is 69.2 cm³/mol. The van der Waals surface area contributed by atoms with Gasteiger partial charge in [0.15, 0.2) is 0 Å². The van der Waals surface area contributed by atoms with Gasteiger partial charge in [0.25, 0.3) is 0 Å². The van der Waals surface area contributed by atoms with Crippen LogP contribution in [0.15, 0.2) is 0 Å². The number of aliphatic carboxylic acids is 1. The Morgan fingerprint density at radius 3 is 2.61 bits per heavy atom. The van der Waals surface area contributed by atoms with E-state index >= 15 is 0 Å². The summed E-state index contributed by atoms with van der Waals surface area (Å²) in [5, 5.41) is 15.0. The van der Waals surface area contributed by atoms with E-state index < -0.39 is 5.97 Å². The molecule has 0 aromatic rings. The number of amides is 1. The van der Waals surface area contributed by atoms with Crippen LogP contribution >= 0.6 is 0 Å². The van der Waals surface area contributed by atoms with Crippen LogP contribution < -0.4 is 10.6 Å². The van der Waals surface area contributed by atoms with Crippen LogP contribution in [0.4, 0.5) is 0 Å². The minimum atomic E-state index is -0.725. The van der Waals surface area contributed by atoms with Crippen molar-refractivity contribution < 1.29 is 14.7 Å². The van der Waals surface area contributed by atoms with E-state index in [9.17, 15) is 9.59 Å². The van der Waals surface area contributed by atoms with Crippen LogP contribution in [0.25, 0.3) is 0 Å². The fourth-order valence-electron chi connectivity index (χ4n) is 2.58. The molecule has 0 saturated heterocycles. The number of rotatable bonds is 6. The molecule has 18 heavy (non-hydrogen) atoms. The highest BCUT2D eigenvalue weighted by molar-refractivity contribution is 5.78. The Labute approximate surface area is 108 Å². The highest BCUT2D eigenvalue weighted by atomic mass is 16.4. The van der Waals surface area contributed by atoms with Crippen molar-refractivity contribution in [3.8, 4) is 0 Å². The maximum atomic E-state index is 11.8. The maximum Gasteiger partial charge on any atom is 0.306 e. The van der Waals surface area contributed by atoms with Gasteiger partial charge in [0.05, 0.1) is 5.92 Å². The lowest BCUT2D eigenvalue weighted by Crippen LogP contribution is -2.40. The van der Waals surface area contributed by atoms with E-state index in [0.717, 1.165) is 25.7 Å². The fraction of sp³-hybridized carbons (Fsp3) is 0.846. The summed E-state index contributed by atoms with van der Waals surface area (Å²) in [6.45, 7) is 2.99. The molecular weight excluding hydrogens is 232 g/mol. The van der Waals surface area contributed by atoms with Gasteiger partial charge in [-0.05, 0) is 25.8 Å². The van der Waals surface area contributed by atoms with E-state index in [1.54, 1.807) is 0 Å². The summed E-state index contributed by atoms with van der Waals surface area (Å²) < 4.78 is 0. The van der Waals surface area contributed by atoms with E-state index in [-0.39, 0.29) is 23.7 Å². The van der Waals surface area contributed by atoms with Gasteiger partial charge < -0.3 is 15.7 Å². The van der Waals surface area contributed by atoms with E-state index in [4.69, 9.17) is 5.11 Å². The second-order valence-electron chi connectivity index (χ2n) is 5.19. The van der Waals surface area contributed by atoms with Gasteiger partial charge in [-0.2, -0.15) is 0 Å². The minimum absolute atomic E-state index is 0.000868. The molecule has 3 N–H and O–H groups in total. The van der Waals surface area contributed by atoms with Gasteiger partial charge in [0.2, 0.25) is 5.91 Å². The van der Waals surface area contributed by atoms with E-state index in [0.29, 0.717) is 13.1 Å². The average molecular weight is 256 g/mol. The zero-order valence-corrected chi connectivity index (χ0v) is 11.2. The van der Waals surface area contributed by atoms with Crippen LogP contribution in [0.2, 0.25) is 0 Å². The molecule has 3 atom stereocenters. The quantitative estimate of drug-likeness (QED) is 0.658. The summed E-state index contributed by atoms with van der Waals surface area (Å²) in [5.74, 6) is -1.02. The van der Waals surface area contributed by atoms with Crippen molar-refractivity contribution in [2.24, 2.45) is 17.8 Å². The Kier molecular flexibility index (Phi) is 6.12. The predicted octanol–water partition coefficient (Wildman–Crippen LogP) is 0.849. The number of hydrogen-bond donors (Lipinski definition) is 3. The molecule has 1 aliphatic rings. The van der Waals surface area contributed by atoms with E-state index in [1.165, 1.54) is 0 Å². The van der Waals surface area contributed by atoms with Gasteiger partial charge in [-0.1, -0.05) is 19.8 Å². The van der Waals surface area contributed by atoms with E-state index in [2.05, 4.69) is 10.6 Å². The molecule has 1 aliphatic carbocycles. The number of carboxylic acids is 1. The monoisotopic (exact) mass is 256 g/mol. The van der Waals surface area contributed by atoms with Crippen molar-refractivity contribution in [3.63, 3.8) is 0 Å². The molecule has 0 spiro atoms. The zero-order valence-electron chi connectivity index (χ0n) is 11.2. The van der Waals surface area contributed by atoms with Crippen molar-refractivity contribution >= 4 is 11.9 Å². The normalized spacial score (nSPS) is 25.4. The highest BCUT2D eigenvalue weighted by Gasteiger charge is 2.31. The van der Waals surface area contributed by atoms with Crippen molar-refractivity contribution in [2.75, 3.05) is 20.1 Å².